The van der Waals surface area contributed by atoms with E-state index < -0.39 is 0 Å². The standard InChI is InChI=1S/C10H21NO/c1-4-6-11-8-10(12)7-9(3)5-2/h9,11H,4-8H2,1-3H3. The van der Waals surface area contributed by atoms with Crippen LogP contribution in [0.3, 0.4) is 0 Å². The first-order chi connectivity index (χ1) is 5.70. The van der Waals surface area contributed by atoms with Crippen molar-refractivity contribution in [3.63, 3.8) is 0 Å². The van der Waals surface area contributed by atoms with Crippen LogP contribution < -0.4 is 5.32 Å². The lowest BCUT2D eigenvalue weighted by atomic mass is 10.0. The molecule has 0 aromatic carbocycles. The third kappa shape index (κ3) is 6.35. The summed E-state index contributed by atoms with van der Waals surface area (Å²) in [6, 6.07) is 0. The number of ketones is 1. The number of carbonyl (C=O) groups excluding carboxylic acids is 1. The molecule has 0 aliphatic rings. The second-order valence-corrected chi connectivity index (χ2v) is 3.43. The van der Waals surface area contributed by atoms with Crippen molar-refractivity contribution in [2.45, 2.75) is 40.0 Å². The summed E-state index contributed by atoms with van der Waals surface area (Å²) in [5.41, 5.74) is 0. The SMILES string of the molecule is CCCNCC(=O)CC(C)CC. The third-order valence-corrected chi connectivity index (χ3v) is 2.02. The van der Waals surface area contributed by atoms with Crippen LogP contribution in [-0.4, -0.2) is 18.9 Å². The Morgan fingerprint density at radius 3 is 2.58 bits per heavy atom. The summed E-state index contributed by atoms with van der Waals surface area (Å²) in [6.07, 6.45) is 2.92. The van der Waals surface area contributed by atoms with Crippen LogP contribution in [0.2, 0.25) is 0 Å². The van der Waals surface area contributed by atoms with Crippen molar-refractivity contribution >= 4 is 5.78 Å². The minimum absolute atomic E-state index is 0.345. The summed E-state index contributed by atoms with van der Waals surface area (Å²) in [4.78, 5) is 11.2. The number of hydrogen-bond acceptors (Lipinski definition) is 2. The molecule has 0 fully saturated rings. The first-order valence-corrected chi connectivity index (χ1v) is 4.93. The highest BCUT2D eigenvalue weighted by atomic mass is 16.1. The molecule has 1 atom stereocenters. The molecule has 0 rings (SSSR count). The summed E-state index contributed by atoms with van der Waals surface area (Å²) in [7, 11) is 0. The fourth-order valence-electron chi connectivity index (χ4n) is 1.01. The van der Waals surface area contributed by atoms with Crippen molar-refractivity contribution in [2.75, 3.05) is 13.1 Å². The van der Waals surface area contributed by atoms with Gasteiger partial charge in [-0.05, 0) is 18.9 Å². The van der Waals surface area contributed by atoms with Crippen molar-refractivity contribution in [3.8, 4) is 0 Å². The molecule has 0 bridgehead atoms. The van der Waals surface area contributed by atoms with Gasteiger partial charge in [-0.25, -0.2) is 0 Å². The topological polar surface area (TPSA) is 29.1 Å². The van der Waals surface area contributed by atoms with Crippen LogP contribution in [0.15, 0.2) is 0 Å². The van der Waals surface area contributed by atoms with E-state index in [0.29, 0.717) is 18.2 Å². The zero-order valence-corrected chi connectivity index (χ0v) is 8.52. The van der Waals surface area contributed by atoms with Gasteiger partial charge in [0.05, 0.1) is 6.54 Å². The number of Topliss-reactive ketones (excluding diaryl/α,β-unsaturated/α-hetero) is 1. The van der Waals surface area contributed by atoms with Gasteiger partial charge in [-0.2, -0.15) is 0 Å². The van der Waals surface area contributed by atoms with Gasteiger partial charge >= 0.3 is 0 Å². The van der Waals surface area contributed by atoms with Crippen LogP contribution in [0.5, 0.6) is 0 Å². The summed E-state index contributed by atoms with van der Waals surface area (Å²) >= 11 is 0. The van der Waals surface area contributed by atoms with Gasteiger partial charge in [-0.1, -0.05) is 27.2 Å². The van der Waals surface area contributed by atoms with Gasteiger partial charge in [0.15, 0.2) is 0 Å². The lowest BCUT2D eigenvalue weighted by Gasteiger charge is -2.07. The molecule has 0 heterocycles. The molecule has 1 unspecified atom stereocenters. The number of rotatable bonds is 7. The van der Waals surface area contributed by atoms with Gasteiger partial charge < -0.3 is 5.32 Å². The van der Waals surface area contributed by atoms with Crippen LogP contribution in [0.1, 0.15) is 40.0 Å². The summed E-state index contributed by atoms with van der Waals surface area (Å²) in [6.45, 7) is 7.85. The highest BCUT2D eigenvalue weighted by Gasteiger charge is 2.05. The summed E-state index contributed by atoms with van der Waals surface area (Å²) in [5.74, 6) is 0.888. The normalized spacial score (nSPS) is 12.9. The van der Waals surface area contributed by atoms with E-state index in [4.69, 9.17) is 0 Å². The first-order valence-electron chi connectivity index (χ1n) is 4.93. The van der Waals surface area contributed by atoms with E-state index >= 15 is 0 Å². The second kappa shape index (κ2) is 7.29. The molecule has 0 aliphatic heterocycles. The highest BCUT2D eigenvalue weighted by molar-refractivity contribution is 5.80. The summed E-state index contributed by atoms with van der Waals surface area (Å²) < 4.78 is 0. The summed E-state index contributed by atoms with van der Waals surface area (Å²) in [5, 5.41) is 3.11. The minimum atomic E-state index is 0.345. The van der Waals surface area contributed by atoms with Crippen molar-refractivity contribution < 1.29 is 4.79 Å². The van der Waals surface area contributed by atoms with E-state index in [1.165, 1.54) is 0 Å². The number of carbonyl (C=O) groups is 1. The van der Waals surface area contributed by atoms with Crippen LogP contribution in [0.25, 0.3) is 0 Å². The van der Waals surface area contributed by atoms with Gasteiger partial charge in [0, 0.05) is 6.42 Å². The maximum atomic E-state index is 11.2. The van der Waals surface area contributed by atoms with E-state index in [2.05, 4.69) is 26.1 Å². The Kier molecular flexibility index (Phi) is 7.06. The lowest BCUT2D eigenvalue weighted by Crippen LogP contribution is -2.24. The van der Waals surface area contributed by atoms with Gasteiger partial charge in [0.2, 0.25) is 0 Å². The van der Waals surface area contributed by atoms with Crippen LogP contribution in [0.4, 0.5) is 0 Å². The molecule has 72 valence electrons. The molecule has 0 saturated heterocycles. The molecule has 0 saturated carbocycles. The molecule has 0 amide bonds. The Bertz CT molecular complexity index is 123. The molecule has 0 aliphatic carbocycles. The second-order valence-electron chi connectivity index (χ2n) is 3.43. The largest absolute Gasteiger partial charge is 0.310 e. The zero-order valence-electron chi connectivity index (χ0n) is 8.52. The van der Waals surface area contributed by atoms with Crippen molar-refractivity contribution in [3.05, 3.63) is 0 Å². The highest BCUT2D eigenvalue weighted by Crippen LogP contribution is 2.05. The van der Waals surface area contributed by atoms with Crippen LogP contribution in [-0.2, 0) is 4.79 Å². The van der Waals surface area contributed by atoms with Crippen molar-refractivity contribution in [2.24, 2.45) is 5.92 Å². The molecule has 0 spiro atoms. The van der Waals surface area contributed by atoms with Crippen LogP contribution in [0, 0.1) is 5.92 Å². The lowest BCUT2D eigenvalue weighted by molar-refractivity contribution is -0.119. The van der Waals surface area contributed by atoms with E-state index in [-0.39, 0.29) is 0 Å². The van der Waals surface area contributed by atoms with Crippen molar-refractivity contribution in [1.82, 2.24) is 5.32 Å². The van der Waals surface area contributed by atoms with Gasteiger partial charge in [0.25, 0.3) is 0 Å². The minimum Gasteiger partial charge on any atom is -0.310 e. The average molecular weight is 171 g/mol. The van der Waals surface area contributed by atoms with Gasteiger partial charge in [-0.15, -0.1) is 0 Å². The maximum absolute atomic E-state index is 11.2. The molecule has 2 nitrogen and oxygen atoms in total. The Morgan fingerprint density at radius 2 is 2.08 bits per heavy atom. The van der Waals surface area contributed by atoms with Crippen molar-refractivity contribution in [1.29, 1.82) is 0 Å². The molecule has 0 aromatic rings. The van der Waals surface area contributed by atoms with Crippen LogP contribution >= 0.6 is 0 Å². The molecule has 0 aromatic heterocycles. The van der Waals surface area contributed by atoms with Gasteiger partial charge in [-0.3, -0.25) is 4.79 Å². The number of hydrogen-bond donors (Lipinski definition) is 1. The predicted molar refractivity (Wildman–Crippen MR) is 52.2 cm³/mol. The zero-order chi connectivity index (χ0) is 9.40. The number of nitrogens with one attached hydrogen (secondary N) is 1. The van der Waals surface area contributed by atoms with E-state index in [1.54, 1.807) is 0 Å². The van der Waals surface area contributed by atoms with E-state index in [0.717, 1.165) is 25.8 Å². The maximum Gasteiger partial charge on any atom is 0.146 e. The molecule has 12 heavy (non-hydrogen) atoms. The van der Waals surface area contributed by atoms with Gasteiger partial charge in [0.1, 0.15) is 5.78 Å². The molecular formula is C10H21NO. The predicted octanol–water partition coefficient (Wildman–Crippen LogP) is 1.99. The first kappa shape index (κ1) is 11.6. The smallest absolute Gasteiger partial charge is 0.146 e. The molecule has 2 heteroatoms. The molecular weight excluding hydrogens is 150 g/mol. The average Bonchev–Trinajstić information content (AvgIpc) is 2.05. The Labute approximate surface area is 75.7 Å². The third-order valence-electron chi connectivity index (χ3n) is 2.02. The fourth-order valence-corrected chi connectivity index (χ4v) is 1.01. The Balaban J connectivity index is 3.33. The van der Waals surface area contributed by atoms with E-state index in [9.17, 15) is 4.79 Å². The molecule has 0 radical (unpaired) electrons. The quantitative estimate of drug-likeness (QED) is 0.593. The van der Waals surface area contributed by atoms with E-state index in [1.807, 2.05) is 0 Å². The Hall–Kier alpha value is -0.370. The Morgan fingerprint density at radius 1 is 1.42 bits per heavy atom. The fraction of sp³-hybridized carbons (Fsp3) is 0.900. The molecule has 1 N–H and O–H groups in total. The monoisotopic (exact) mass is 171 g/mol.